The molecule has 0 bridgehead atoms. The summed E-state index contributed by atoms with van der Waals surface area (Å²) < 4.78 is 31.8. The maximum Gasteiger partial charge on any atom is 0.178 e. The van der Waals surface area contributed by atoms with Crippen molar-refractivity contribution in [2.24, 2.45) is 0 Å². The summed E-state index contributed by atoms with van der Waals surface area (Å²) in [5.41, 5.74) is 11.1. The minimum atomic E-state index is -3.33. The Balaban J connectivity index is 1.16. The summed E-state index contributed by atoms with van der Waals surface area (Å²) in [6.07, 6.45) is 0. The maximum absolute atomic E-state index is 15.8. The Hall–Kier alpha value is -7.39. The van der Waals surface area contributed by atoms with Crippen molar-refractivity contribution in [3.05, 3.63) is 206 Å². The van der Waals surface area contributed by atoms with Crippen LogP contribution in [0.3, 0.4) is 0 Å². The summed E-state index contributed by atoms with van der Waals surface area (Å²) in [5.74, 6) is 1.18. The molecule has 0 radical (unpaired) electrons. The minimum absolute atomic E-state index is 0.583. The Morgan fingerprint density at radius 3 is 1.71 bits per heavy atom. The van der Waals surface area contributed by atoms with Crippen LogP contribution in [0.2, 0.25) is 0 Å². The standard InChI is InChI=1S/C54H34NO3P/c56-59(40-19-8-3-9-20-40)51-25-13-12-24-50(51)58-54-42(22-14-26-52(54)59)46-34-39(33-45-41-21-10-11-23-49(41)57-53(45)46)55-47-29-27-37(35-15-4-1-5-16-35)31-43(47)44-32-38(28-30-48(44)55)36-17-6-2-7-18-36/h1-34H. The van der Waals surface area contributed by atoms with Crippen molar-refractivity contribution in [3.8, 4) is 50.6 Å². The molecule has 5 heteroatoms. The van der Waals surface area contributed by atoms with E-state index in [0.29, 0.717) is 22.1 Å². The molecular formula is C54H34NO3P. The largest absolute Gasteiger partial charge is 0.455 e. The van der Waals surface area contributed by atoms with Gasteiger partial charge in [-0.25, -0.2) is 0 Å². The SMILES string of the molecule is O=P1(c2ccccc2)c2ccccc2Oc2c(-c3cc(-n4c5ccc(-c6ccccc6)cc5c5cc(-c6ccccc6)ccc54)cc4c3oc3ccccc34)cccc21. The Morgan fingerprint density at radius 1 is 0.424 bits per heavy atom. The number of ether oxygens (including phenoxy) is 1. The third-order valence-electron chi connectivity index (χ3n) is 11.9. The van der Waals surface area contributed by atoms with E-state index in [-0.39, 0.29) is 0 Å². The van der Waals surface area contributed by atoms with E-state index in [0.717, 1.165) is 66.2 Å². The Bertz CT molecular complexity index is 3400. The lowest BCUT2D eigenvalue weighted by molar-refractivity contribution is 0.487. The lowest BCUT2D eigenvalue weighted by Gasteiger charge is -2.30. The molecule has 59 heavy (non-hydrogen) atoms. The van der Waals surface area contributed by atoms with E-state index in [1.54, 1.807) is 0 Å². The fraction of sp³-hybridized carbons (Fsp3) is 0. The number of furan rings is 1. The normalized spacial score (nSPS) is 14.7. The van der Waals surface area contributed by atoms with E-state index in [1.807, 2.05) is 78.9 Å². The van der Waals surface area contributed by atoms with Crippen LogP contribution < -0.4 is 20.7 Å². The number of rotatable bonds is 5. The van der Waals surface area contributed by atoms with Gasteiger partial charge in [-0.1, -0.05) is 146 Å². The molecule has 2 aromatic heterocycles. The molecule has 0 saturated carbocycles. The van der Waals surface area contributed by atoms with Gasteiger partial charge in [0.25, 0.3) is 0 Å². The van der Waals surface area contributed by atoms with E-state index >= 15 is 4.57 Å². The molecule has 0 fully saturated rings. The molecule has 0 N–H and O–H groups in total. The monoisotopic (exact) mass is 775 g/mol. The lowest BCUT2D eigenvalue weighted by Crippen LogP contribution is -2.30. The molecule has 12 rings (SSSR count). The first kappa shape index (κ1) is 33.7. The average Bonchev–Trinajstić information content (AvgIpc) is 3.84. The van der Waals surface area contributed by atoms with Gasteiger partial charge in [0.1, 0.15) is 22.7 Å². The fourth-order valence-corrected chi connectivity index (χ4v) is 12.0. The number of nitrogens with zero attached hydrogens (tertiary/aromatic N) is 1. The number of fused-ring (bicyclic) bond motifs is 8. The van der Waals surface area contributed by atoms with Gasteiger partial charge in [0, 0.05) is 43.7 Å². The second kappa shape index (κ2) is 13.1. The van der Waals surface area contributed by atoms with Crippen LogP contribution in [-0.4, -0.2) is 4.57 Å². The summed E-state index contributed by atoms with van der Waals surface area (Å²) in [6.45, 7) is 0. The molecule has 3 heterocycles. The van der Waals surface area contributed by atoms with Crippen LogP contribution in [0, 0.1) is 0 Å². The predicted molar refractivity (Wildman–Crippen MR) is 244 cm³/mol. The van der Waals surface area contributed by atoms with Crippen LogP contribution in [0.1, 0.15) is 0 Å². The van der Waals surface area contributed by atoms with Crippen LogP contribution in [-0.2, 0) is 4.57 Å². The average molecular weight is 776 g/mol. The molecule has 0 aliphatic carbocycles. The quantitative estimate of drug-likeness (QED) is 0.164. The molecular weight excluding hydrogens is 742 g/mol. The van der Waals surface area contributed by atoms with Gasteiger partial charge in [0.15, 0.2) is 7.14 Å². The zero-order valence-corrected chi connectivity index (χ0v) is 32.6. The Morgan fingerprint density at radius 2 is 1.02 bits per heavy atom. The topological polar surface area (TPSA) is 44.4 Å². The Kier molecular flexibility index (Phi) is 7.47. The first-order valence-corrected chi connectivity index (χ1v) is 21.6. The fourth-order valence-electron chi connectivity index (χ4n) is 9.11. The molecule has 1 aliphatic rings. The third kappa shape index (κ3) is 5.13. The van der Waals surface area contributed by atoms with Crippen LogP contribution in [0.5, 0.6) is 11.5 Å². The van der Waals surface area contributed by atoms with Crippen LogP contribution >= 0.6 is 7.14 Å². The highest BCUT2D eigenvalue weighted by molar-refractivity contribution is 7.85. The first-order chi connectivity index (χ1) is 29.1. The number of aromatic nitrogens is 1. The highest BCUT2D eigenvalue weighted by Gasteiger charge is 2.40. The van der Waals surface area contributed by atoms with Gasteiger partial charge in [-0.2, -0.15) is 0 Å². The second-order valence-electron chi connectivity index (χ2n) is 15.2. The summed E-state index contributed by atoms with van der Waals surface area (Å²) in [6, 6.07) is 70.9. The smallest absolute Gasteiger partial charge is 0.178 e. The summed E-state index contributed by atoms with van der Waals surface area (Å²) >= 11 is 0. The van der Waals surface area contributed by atoms with Gasteiger partial charge >= 0.3 is 0 Å². The highest BCUT2D eigenvalue weighted by atomic mass is 31.2. The van der Waals surface area contributed by atoms with Gasteiger partial charge in [0.2, 0.25) is 0 Å². The second-order valence-corrected chi connectivity index (χ2v) is 17.9. The summed E-state index contributed by atoms with van der Waals surface area (Å²) in [4.78, 5) is 0. The van der Waals surface area contributed by atoms with E-state index in [4.69, 9.17) is 9.15 Å². The molecule has 278 valence electrons. The number of benzene rings is 9. The van der Waals surface area contributed by atoms with Gasteiger partial charge in [0.05, 0.1) is 21.6 Å². The zero-order chi connectivity index (χ0) is 39.1. The highest BCUT2D eigenvalue weighted by Crippen LogP contribution is 2.54. The van der Waals surface area contributed by atoms with E-state index < -0.39 is 7.14 Å². The molecule has 11 aromatic rings. The molecule has 1 unspecified atom stereocenters. The number of hydrogen-bond donors (Lipinski definition) is 0. The first-order valence-electron chi connectivity index (χ1n) is 19.9. The van der Waals surface area contributed by atoms with Crippen molar-refractivity contribution in [1.82, 2.24) is 4.57 Å². The lowest BCUT2D eigenvalue weighted by atomic mass is 10.00. The predicted octanol–water partition coefficient (Wildman–Crippen LogP) is 13.4. The molecule has 0 saturated heterocycles. The van der Waals surface area contributed by atoms with Crippen molar-refractivity contribution in [2.45, 2.75) is 0 Å². The van der Waals surface area contributed by atoms with Gasteiger partial charge in [-0.05, 0) is 82.9 Å². The summed E-state index contributed by atoms with van der Waals surface area (Å²) in [5, 5.41) is 6.49. The van der Waals surface area contributed by atoms with Crippen molar-refractivity contribution >= 4 is 66.8 Å². The molecule has 9 aromatic carbocycles. The number of hydrogen-bond acceptors (Lipinski definition) is 3. The Labute approximate surface area is 340 Å². The molecule has 0 amide bonds. The molecule has 1 aliphatic heterocycles. The summed E-state index contributed by atoms with van der Waals surface area (Å²) in [7, 11) is -3.33. The maximum atomic E-state index is 15.8. The van der Waals surface area contributed by atoms with Crippen LogP contribution in [0.4, 0.5) is 0 Å². The van der Waals surface area contributed by atoms with Crippen molar-refractivity contribution in [3.63, 3.8) is 0 Å². The van der Waals surface area contributed by atoms with Gasteiger partial charge in [-0.15, -0.1) is 0 Å². The van der Waals surface area contributed by atoms with E-state index in [9.17, 15) is 0 Å². The molecule has 4 nitrogen and oxygen atoms in total. The molecule has 0 spiro atoms. The number of para-hydroxylation sites is 3. The van der Waals surface area contributed by atoms with Gasteiger partial charge < -0.3 is 18.3 Å². The van der Waals surface area contributed by atoms with Crippen molar-refractivity contribution in [2.75, 3.05) is 0 Å². The van der Waals surface area contributed by atoms with Crippen molar-refractivity contribution in [1.29, 1.82) is 0 Å². The third-order valence-corrected chi connectivity index (χ3v) is 15.0. The van der Waals surface area contributed by atoms with E-state index in [2.05, 4.69) is 132 Å². The van der Waals surface area contributed by atoms with Gasteiger partial charge in [-0.3, -0.25) is 0 Å². The minimum Gasteiger partial charge on any atom is -0.455 e. The molecule has 1 atom stereocenters. The van der Waals surface area contributed by atoms with E-state index in [1.165, 1.54) is 21.9 Å². The van der Waals surface area contributed by atoms with Crippen molar-refractivity contribution < 1.29 is 13.7 Å². The van der Waals surface area contributed by atoms with Crippen LogP contribution in [0.15, 0.2) is 211 Å². The van der Waals surface area contributed by atoms with Crippen LogP contribution in [0.25, 0.3) is 82.8 Å². The zero-order valence-electron chi connectivity index (χ0n) is 31.7.